The zero-order valence-electron chi connectivity index (χ0n) is 12.9. The van der Waals surface area contributed by atoms with Gasteiger partial charge in [-0.1, -0.05) is 0 Å². The summed E-state index contributed by atoms with van der Waals surface area (Å²) in [5, 5.41) is 9.87. The minimum Gasteiger partial charge on any atom is -0.444 e. The fourth-order valence-corrected chi connectivity index (χ4v) is 4.51. The zero-order chi connectivity index (χ0) is 16.0. The van der Waals surface area contributed by atoms with Gasteiger partial charge in [-0.25, -0.2) is 13.2 Å². The van der Waals surface area contributed by atoms with Gasteiger partial charge in [0.2, 0.25) is 0 Å². The van der Waals surface area contributed by atoms with E-state index in [4.69, 9.17) is 4.74 Å². The van der Waals surface area contributed by atoms with Gasteiger partial charge in [0.15, 0.2) is 9.84 Å². The van der Waals surface area contributed by atoms with E-state index in [9.17, 15) is 18.3 Å². The molecule has 0 aliphatic carbocycles. The van der Waals surface area contributed by atoms with E-state index in [2.05, 4.69) is 0 Å². The highest BCUT2D eigenvalue weighted by molar-refractivity contribution is 7.91. The highest BCUT2D eigenvalue weighted by atomic mass is 32.2. The van der Waals surface area contributed by atoms with Crippen LogP contribution in [0.4, 0.5) is 4.79 Å². The van der Waals surface area contributed by atoms with E-state index in [0.29, 0.717) is 13.1 Å². The van der Waals surface area contributed by atoms with Crippen LogP contribution in [0, 0.1) is 0 Å². The van der Waals surface area contributed by atoms with Crippen LogP contribution in [0.2, 0.25) is 0 Å². The molecule has 2 heterocycles. The lowest BCUT2D eigenvalue weighted by Crippen LogP contribution is -2.63. The van der Waals surface area contributed by atoms with Crippen LogP contribution in [-0.4, -0.2) is 84.8 Å². The second-order valence-corrected chi connectivity index (χ2v) is 9.07. The minimum atomic E-state index is -3.16. The lowest BCUT2D eigenvalue weighted by molar-refractivity contribution is -0.0266. The molecule has 0 aromatic carbocycles. The van der Waals surface area contributed by atoms with E-state index in [1.807, 2.05) is 25.7 Å². The molecule has 2 atom stereocenters. The maximum absolute atomic E-state index is 11.8. The molecule has 8 heteroatoms. The number of rotatable bonds is 2. The van der Waals surface area contributed by atoms with Crippen LogP contribution in [0.25, 0.3) is 0 Å². The largest absolute Gasteiger partial charge is 0.444 e. The number of aliphatic hydroxyl groups is 1. The third-order valence-corrected chi connectivity index (χ3v) is 5.61. The average molecular weight is 320 g/mol. The van der Waals surface area contributed by atoms with Crippen molar-refractivity contribution in [2.75, 3.05) is 31.6 Å². The van der Waals surface area contributed by atoms with Gasteiger partial charge in [0.05, 0.1) is 23.7 Å². The number of aliphatic hydroxyl groups excluding tert-OH is 1. The molecule has 0 bridgehead atoms. The molecule has 2 aliphatic heterocycles. The minimum absolute atomic E-state index is 0.0202. The Bertz CT molecular complexity index is 507. The molecule has 2 saturated heterocycles. The highest BCUT2D eigenvalue weighted by Gasteiger charge is 2.44. The van der Waals surface area contributed by atoms with Crippen molar-refractivity contribution < 1.29 is 23.1 Å². The first kappa shape index (κ1) is 16.5. The van der Waals surface area contributed by atoms with E-state index in [1.54, 1.807) is 11.9 Å². The molecule has 0 saturated carbocycles. The number of carbonyl (C=O) groups is 1. The molecule has 122 valence electrons. The number of hydrogen-bond acceptors (Lipinski definition) is 6. The molecular formula is C13H24N2O5S. The number of carbonyl (C=O) groups excluding carboxylic acids is 1. The van der Waals surface area contributed by atoms with Gasteiger partial charge in [-0.15, -0.1) is 0 Å². The first-order valence-corrected chi connectivity index (χ1v) is 8.89. The highest BCUT2D eigenvalue weighted by Crippen LogP contribution is 2.24. The summed E-state index contributed by atoms with van der Waals surface area (Å²) >= 11 is 0. The van der Waals surface area contributed by atoms with Crippen LogP contribution in [-0.2, 0) is 14.6 Å². The van der Waals surface area contributed by atoms with Gasteiger partial charge >= 0.3 is 6.09 Å². The number of sulfone groups is 1. The number of amides is 1. The Hall–Kier alpha value is -0.860. The summed E-state index contributed by atoms with van der Waals surface area (Å²) in [4.78, 5) is 15.3. The van der Waals surface area contributed by atoms with Crippen LogP contribution in [0.15, 0.2) is 0 Å². The van der Waals surface area contributed by atoms with Gasteiger partial charge in [-0.2, -0.15) is 0 Å². The number of hydrogen-bond donors (Lipinski definition) is 1. The Labute approximate surface area is 125 Å². The Morgan fingerprint density at radius 2 is 1.86 bits per heavy atom. The average Bonchev–Trinajstić information content (AvgIpc) is 2.46. The number of ether oxygens (including phenoxy) is 1. The molecular weight excluding hydrogens is 296 g/mol. The normalized spacial score (nSPS) is 29.5. The third kappa shape index (κ3) is 3.87. The SMILES string of the molecule is CN(C1CN(C(=O)OC(C)(C)C)C1)[C@@H]1CS(=O)(=O)C[C@H]1O. The third-order valence-electron chi connectivity index (χ3n) is 3.91. The standard InChI is InChI=1S/C13H24N2O5S/c1-13(2,3)20-12(17)15-5-9(6-15)14(4)10-7-21(18,19)8-11(10)16/h9-11,16H,5-8H2,1-4H3/t10-,11-/m1/s1. The molecule has 0 spiro atoms. The van der Waals surface area contributed by atoms with Gasteiger partial charge < -0.3 is 14.7 Å². The molecule has 0 unspecified atom stereocenters. The van der Waals surface area contributed by atoms with Crippen molar-refractivity contribution >= 4 is 15.9 Å². The molecule has 0 aromatic heterocycles. The molecule has 21 heavy (non-hydrogen) atoms. The van der Waals surface area contributed by atoms with Crippen molar-refractivity contribution in [2.24, 2.45) is 0 Å². The summed E-state index contributed by atoms with van der Waals surface area (Å²) in [5.74, 6) is -0.196. The summed E-state index contributed by atoms with van der Waals surface area (Å²) in [7, 11) is -1.36. The zero-order valence-corrected chi connectivity index (χ0v) is 13.8. The van der Waals surface area contributed by atoms with Crippen molar-refractivity contribution in [3.63, 3.8) is 0 Å². The number of likely N-dealkylation sites (tertiary alicyclic amines) is 1. The smallest absolute Gasteiger partial charge is 0.410 e. The van der Waals surface area contributed by atoms with Crippen LogP contribution in [0.1, 0.15) is 20.8 Å². The van der Waals surface area contributed by atoms with Gasteiger partial charge in [-0.3, -0.25) is 4.90 Å². The van der Waals surface area contributed by atoms with Crippen molar-refractivity contribution in [1.29, 1.82) is 0 Å². The predicted octanol–water partition coefficient (Wildman–Crippen LogP) is -0.305. The van der Waals surface area contributed by atoms with Crippen molar-refractivity contribution in [3.05, 3.63) is 0 Å². The van der Waals surface area contributed by atoms with Crippen molar-refractivity contribution in [2.45, 2.75) is 44.6 Å². The Balaban J connectivity index is 1.86. The van der Waals surface area contributed by atoms with Crippen LogP contribution in [0.5, 0.6) is 0 Å². The van der Waals surface area contributed by atoms with Gasteiger partial charge in [0, 0.05) is 19.1 Å². The summed E-state index contributed by atoms with van der Waals surface area (Å²) in [6.45, 7) is 6.43. The van der Waals surface area contributed by atoms with E-state index >= 15 is 0 Å². The van der Waals surface area contributed by atoms with Crippen molar-refractivity contribution in [1.82, 2.24) is 9.80 Å². The predicted molar refractivity (Wildman–Crippen MR) is 77.8 cm³/mol. The quantitative estimate of drug-likeness (QED) is 0.751. The van der Waals surface area contributed by atoms with E-state index in [-0.39, 0.29) is 29.7 Å². The van der Waals surface area contributed by atoms with Crippen LogP contribution >= 0.6 is 0 Å². The molecule has 2 aliphatic rings. The Kier molecular flexibility index (Phi) is 4.25. The fourth-order valence-electron chi connectivity index (χ4n) is 2.66. The van der Waals surface area contributed by atoms with Crippen LogP contribution < -0.4 is 0 Å². The first-order valence-electron chi connectivity index (χ1n) is 7.07. The number of nitrogens with zero attached hydrogens (tertiary/aromatic N) is 2. The van der Waals surface area contributed by atoms with Crippen LogP contribution in [0.3, 0.4) is 0 Å². The molecule has 0 radical (unpaired) electrons. The van der Waals surface area contributed by atoms with E-state index in [1.165, 1.54) is 0 Å². The van der Waals surface area contributed by atoms with E-state index in [0.717, 1.165) is 0 Å². The van der Waals surface area contributed by atoms with Crippen molar-refractivity contribution in [3.8, 4) is 0 Å². The Morgan fingerprint density at radius 3 is 2.29 bits per heavy atom. The second kappa shape index (κ2) is 5.40. The molecule has 2 fully saturated rings. The Morgan fingerprint density at radius 1 is 1.29 bits per heavy atom. The maximum Gasteiger partial charge on any atom is 0.410 e. The lowest BCUT2D eigenvalue weighted by atomic mass is 10.0. The van der Waals surface area contributed by atoms with E-state index < -0.39 is 21.5 Å². The molecule has 0 aromatic rings. The molecule has 2 rings (SSSR count). The fraction of sp³-hybridized carbons (Fsp3) is 0.923. The summed E-state index contributed by atoms with van der Waals surface area (Å²) in [6.07, 6.45) is -1.21. The lowest BCUT2D eigenvalue weighted by Gasteiger charge is -2.46. The monoisotopic (exact) mass is 320 g/mol. The first-order chi connectivity index (χ1) is 9.48. The molecule has 1 N–H and O–H groups in total. The summed E-state index contributed by atoms with van der Waals surface area (Å²) < 4.78 is 28.4. The maximum atomic E-state index is 11.8. The van der Waals surface area contributed by atoms with Gasteiger partial charge in [0.25, 0.3) is 0 Å². The number of likely N-dealkylation sites (N-methyl/N-ethyl adjacent to an activating group) is 1. The summed E-state index contributed by atoms with van der Waals surface area (Å²) in [6, 6.07) is -0.328. The molecule has 7 nitrogen and oxygen atoms in total. The topological polar surface area (TPSA) is 87.2 Å². The molecule has 1 amide bonds. The second-order valence-electron chi connectivity index (χ2n) is 6.92. The van der Waals surface area contributed by atoms with Gasteiger partial charge in [0.1, 0.15) is 5.60 Å². The van der Waals surface area contributed by atoms with Gasteiger partial charge in [-0.05, 0) is 27.8 Å². The summed E-state index contributed by atoms with van der Waals surface area (Å²) in [5.41, 5.74) is -0.524.